The van der Waals surface area contributed by atoms with Crippen molar-refractivity contribution in [2.24, 2.45) is 0 Å². The van der Waals surface area contributed by atoms with Crippen LogP contribution >= 0.6 is 11.5 Å². The molecule has 1 saturated heterocycles. The van der Waals surface area contributed by atoms with E-state index in [0.29, 0.717) is 12.2 Å². The van der Waals surface area contributed by atoms with Crippen LogP contribution in [0, 0.1) is 6.92 Å². The van der Waals surface area contributed by atoms with Gasteiger partial charge in [-0.2, -0.15) is 17.1 Å². The number of carboxylic acid groups (broad SMARTS) is 1. The van der Waals surface area contributed by atoms with Gasteiger partial charge in [0, 0.05) is 12.6 Å². The fraction of sp³-hybridized carbons (Fsp3) is 0.636. The van der Waals surface area contributed by atoms with E-state index in [-0.39, 0.29) is 16.6 Å². The second kappa shape index (κ2) is 5.66. The maximum absolute atomic E-state index is 12.4. The van der Waals surface area contributed by atoms with E-state index in [2.05, 4.69) is 9.10 Å². The zero-order chi connectivity index (χ0) is 14.9. The van der Waals surface area contributed by atoms with Crippen molar-refractivity contribution in [2.75, 3.05) is 11.3 Å². The molecular formula is C11H17N3O4S2. The summed E-state index contributed by atoms with van der Waals surface area (Å²) >= 11 is 0.849. The van der Waals surface area contributed by atoms with Crippen LogP contribution in [0.1, 0.15) is 42.2 Å². The third-order valence-corrected chi connectivity index (χ3v) is 5.95. The van der Waals surface area contributed by atoms with Gasteiger partial charge in [-0.1, -0.05) is 6.42 Å². The second-order valence-electron chi connectivity index (χ2n) is 4.84. The molecule has 1 fully saturated rings. The number of aryl methyl sites for hydroxylation is 1. The monoisotopic (exact) mass is 319 g/mol. The zero-order valence-corrected chi connectivity index (χ0v) is 12.9. The highest BCUT2D eigenvalue weighted by atomic mass is 32.2. The fourth-order valence-corrected chi connectivity index (χ4v) is 4.81. The molecule has 0 spiro atoms. The van der Waals surface area contributed by atoms with Crippen LogP contribution < -0.4 is 4.72 Å². The molecule has 2 heterocycles. The average Bonchev–Trinajstić information content (AvgIpc) is 2.70. The van der Waals surface area contributed by atoms with E-state index < -0.39 is 16.2 Å². The Kier molecular flexibility index (Phi) is 4.31. The highest BCUT2D eigenvalue weighted by molar-refractivity contribution is 7.90. The molecule has 0 saturated carbocycles. The lowest BCUT2D eigenvalue weighted by Crippen LogP contribution is -2.44. The third kappa shape index (κ3) is 2.94. The number of aromatic carboxylic acids is 1. The SMILES string of the molecule is Cc1nsc(NS(=O)(=O)N2CCCCC2C)c1C(=O)O. The van der Waals surface area contributed by atoms with Gasteiger partial charge in [-0.15, -0.1) is 0 Å². The first-order valence-corrected chi connectivity index (χ1v) is 8.53. The number of rotatable bonds is 4. The minimum absolute atomic E-state index is 0.0628. The molecule has 1 unspecified atom stereocenters. The van der Waals surface area contributed by atoms with Gasteiger partial charge in [-0.25, -0.2) is 4.79 Å². The molecule has 7 nitrogen and oxygen atoms in total. The number of piperidine rings is 1. The summed E-state index contributed by atoms with van der Waals surface area (Å²) in [6, 6.07) is -0.0800. The van der Waals surface area contributed by atoms with Crippen LogP contribution in [0.25, 0.3) is 0 Å². The van der Waals surface area contributed by atoms with Crippen LogP contribution in [-0.4, -0.2) is 40.8 Å². The lowest BCUT2D eigenvalue weighted by atomic mass is 10.1. The number of carboxylic acids is 1. The van der Waals surface area contributed by atoms with Crippen LogP contribution in [0.3, 0.4) is 0 Å². The summed E-state index contributed by atoms with van der Waals surface area (Å²) in [5.74, 6) is -1.18. The van der Waals surface area contributed by atoms with Crippen LogP contribution in [-0.2, 0) is 10.2 Å². The number of aromatic nitrogens is 1. The van der Waals surface area contributed by atoms with Gasteiger partial charge in [0.1, 0.15) is 10.6 Å². The van der Waals surface area contributed by atoms with E-state index in [0.717, 1.165) is 30.8 Å². The van der Waals surface area contributed by atoms with Crippen LogP contribution in [0.2, 0.25) is 0 Å². The summed E-state index contributed by atoms with van der Waals surface area (Å²) in [4.78, 5) is 11.1. The maximum Gasteiger partial charge on any atom is 0.340 e. The van der Waals surface area contributed by atoms with Gasteiger partial charge in [-0.05, 0) is 38.2 Å². The summed E-state index contributed by atoms with van der Waals surface area (Å²) < 4.78 is 32.4. The van der Waals surface area contributed by atoms with E-state index in [9.17, 15) is 13.2 Å². The van der Waals surface area contributed by atoms with Crippen molar-refractivity contribution in [1.82, 2.24) is 8.68 Å². The van der Waals surface area contributed by atoms with E-state index >= 15 is 0 Å². The smallest absolute Gasteiger partial charge is 0.340 e. The van der Waals surface area contributed by atoms with Crippen molar-refractivity contribution in [3.05, 3.63) is 11.3 Å². The molecule has 2 N–H and O–H groups in total. The molecule has 20 heavy (non-hydrogen) atoms. The number of nitrogens with one attached hydrogen (secondary N) is 1. The lowest BCUT2D eigenvalue weighted by Gasteiger charge is -2.32. The van der Waals surface area contributed by atoms with Gasteiger partial charge in [0.25, 0.3) is 0 Å². The van der Waals surface area contributed by atoms with E-state index in [4.69, 9.17) is 5.11 Å². The zero-order valence-electron chi connectivity index (χ0n) is 11.3. The standard InChI is InChI=1S/C11H17N3O4S2/c1-7-5-3-4-6-14(7)20(17,18)13-10-9(11(15)16)8(2)12-19-10/h7,13H,3-6H2,1-2H3,(H,15,16). The Bertz CT molecular complexity index is 611. The van der Waals surface area contributed by atoms with Gasteiger partial charge < -0.3 is 5.11 Å². The Morgan fingerprint density at radius 1 is 1.50 bits per heavy atom. The van der Waals surface area contributed by atoms with Crippen molar-refractivity contribution in [3.63, 3.8) is 0 Å². The van der Waals surface area contributed by atoms with E-state index in [1.54, 1.807) is 6.92 Å². The molecule has 0 bridgehead atoms. The Balaban J connectivity index is 2.26. The van der Waals surface area contributed by atoms with Crippen LogP contribution in [0.15, 0.2) is 0 Å². The fourth-order valence-electron chi connectivity index (χ4n) is 2.30. The molecule has 112 valence electrons. The maximum atomic E-state index is 12.4. The highest BCUT2D eigenvalue weighted by Gasteiger charge is 2.31. The largest absolute Gasteiger partial charge is 0.478 e. The highest BCUT2D eigenvalue weighted by Crippen LogP contribution is 2.28. The predicted octanol–water partition coefficient (Wildman–Crippen LogP) is 1.68. The Labute approximate surface area is 122 Å². The average molecular weight is 319 g/mol. The first-order chi connectivity index (χ1) is 9.33. The lowest BCUT2D eigenvalue weighted by molar-refractivity contribution is 0.0697. The van der Waals surface area contributed by atoms with Crippen LogP contribution in [0.4, 0.5) is 5.00 Å². The van der Waals surface area contributed by atoms with Crippen molar-refractivity contribution >= 4 is 32.7 Å². The Morgan fingerprint density at radius 2 is 2.20 bits per heavy atom. The molecule has 0 amide bonds. The topological polar surface area (TPSA) is 99.6 Å². The van der Waals surface area contributed by atoms with Gasteiger partial charge >= 0.3 is 16.2 Å². The predicted molar refractivity (Wildman–Crippen MR) is 76.4 cm³/mol. The summed E-state index contributed by atoms with van der Waals surface area (Å²) in [6.07, 6.45) is 2.64. The molecule has 2 rings (SSSR count). The normalized spacial score (nSPS) is 20.8. The quantitative estimate of drug-likeness (QED) is 0.879. The molecule has 1 atom stereocenters. The van der Waals surface area contributed by atoms with Crippen molar-refractivity contribution in [1.29, 1.82) is 0 Å². The summed E-state index contributed by atoms with van der Waals surface area (Å²) in [7, 11) is -3.74. The number of nitrogens with zero attached hydrogens (tertiary/aromatic N) is 2. The first-order valence-electron chi connectivity index (χ1n) is 6.32. The minimum atomic E-state index is -3.74. The summed E-state index contributed by atoms with van der Waals surface area (Å²) in [5.41, 5.74) is 0.232. The Hall–Kier alpha value is -1.19. The second-order valence-corrected chi connectivity index (χ2v) is 7.24. The Morgan fingerprint density at radius 3 is 2.80 bits per heavy atom. The first kappa shape index (κ1) is 15.2. The van der Waals surface area contributed by atoms with E-state index in [1.807, 2.05) is 6.92 Å². The van der Waals surface area contributed by atoms with Crippen molar-refractivity contribution < 1.29 is 18.3 Å². The molecule has 0 aliphatic carbocycles. The molecule has 0 aromatic carbocycles. The summed E-state index contributed by atoms with van der Waals surface area (Å²) in [5, 5.41) is 9.18. The van der Waals surface area contributed by atoms with Crippen molar-refractivity contribution in [2.45, 2.75) is 39.2 Å². The van der Waals surface area contributed by atoms with Crippen molar-refractivity contribution in [3.8, 4) is 0 Å². The van der Waals surface area contributed by atoms with Gasteiger partial charge in [0.05, 0.1) is 5.69 Å². The van der Waals surface area contributed by atoms with Crippen LogP contribution in [0.5, 0.6) is 0 Å². The molecule has 9 heteroatoms. The number of carbonyl (C=O) groups is 1. The molecule has 1 aliphatic rings. The van der Waals surface area contributed by atoms with Gasteiger partial charge in [0.2, 0.25) is 0 Å². The van der Waals surface area contributed by atoms with Gasteiger partial charge in [0.15, 0.2) is 0 Å². The molecule has 1 aromatic rings. The van der Waals surface area contributed by atoms with E-state index in [1.165, 1.54) is 4.31 Å². The number of hydrogen-bond donors (Lipinski definition) is 2. The molecule has 1 aliphatic heterocycles. The number of hydrogen-bond acceptors (Lipinski definition) is 5. The van der Waals surface area contributed by atoms with Gasteiger partial charge in [-0.3, -0.25) is 4.72 Å². The minimum Gasteiger partial charge on any atom is -0.478 e. The molecule has 0 radical (unpaired) electrons. The summed E-state index contributed by atoms with van der Waals surface area (Å²) in [6.45, 7) is 3.85. The molecule has 1 aromatic heterocycles. The number of anilines is 1. The third-order valence-electron chi connectivity index (χ3n) is 3.35. The molecular weight excluding hydrogens is 302 g/mol.